The van der Waals surface area contributed by atoms with E-state index in [1.165, 1.54) is 7.11 Å². The zero-order chi connectivity index (χ0) is 18.9. The van der Waals surface area contributed by atoms with E-state index in [9.17, 15) is 4.79 Å². The van der Waals surface area contributed by atoms with Gasteiger partial charge in [0.2, 0.25) is 0 Å². The van der Waals surface area contributed by atoms with Crippen LogP contribution in [-0.4, -0.2) is 46.1 Å². The van der Waals surface area contributed by atoms with Crippen molar-refractivity contribution in [2.45, 2.75) is 40.5 Å². The van der Waals surface area contributed by atoms with Gasteiger partial charge in [0.05, 0.1) is 18.2 Å². The fourth-order valence-electron chi connectivity index (χ4n) is 3.66. The van der Waals surface area contributed by atoms with Crippen LogP contribution in [0, 0.1) is 25.2 Å². The van der Waals surface area contributed by atoms with Gasteiger partial charge in [-0.15, -0.1) is 10.2 Å². The number of carbonyl (C=O) groups is 1. The third-order valence-corrected chi connectivity index (χ3v) is 5.34. The maximum atomic E-state index is 12.1. The number of hydrogen-bond donors (Lipinski definition) is 0. The lowest BCUT2D eigenvalue weighted by atomic mass is 9.74. The molecule has 1 atom stereocenters. The first kappa shape index (κ1) is 18.4. The van der Waals surface area contributed by atoms with Gasteiger partial charge in [-0.05, 0) is 64.7 Å². The van der Waals surface area contributed by atoms with Crippen molar-refractivity contribution in [1.82, 2.24) is 20.0 Å². The van der Waals surface area contributed by atoms with Crippen LogP contribution in [0.1, 0.15) is 38.1 Å². The van der Waals surface area contributed by atoms with Crippen molar-refractivity contribution >= 4 is 11.8 Å². The largest absolute Gasteiger partial charge is 0.469 e. The molecule has 1 aliphatic rings. The van der Waals surface area contributed by atoms with Gasteiger partial charge in [0.25, 0.3) is 0 Å². The van der Waals surface area contributed by atoms with Crippen molar-refractivity contribution in [3.63, 3.8) is 0 Å². The average Bonchev–Trinajstić information content (AvgIpc) is 2.99. The number of aromatic nitrogens is 4. The number of hydrogen-bond acceptors (Lipinski definition) is 6. The van der Waals surface area contributed by atoms with Gasteiger partial charge in [-0.25, -0.2) is 4.68 Å². The molecule has 1 saturated heterocycles. The van der Waals surface area contributed by atoms with E-state index in [-0.39, 0.29) is 11.9 Å². The summed E-state index contributed by atoms with van der Waals surface area (Å²) >= 11 is 0. The van der Waals surface area contributed by atoms with E-state index in [1.807, 2.05) is 45.9 Å². The van der Waals surface area contributed by atoms with E-state index in [0.29, 0.717) is 5.82 Å². The molecule has 0 bridgehead atoms. The third kappa shape index (κ3) is 3.43. The number of anilines is 1. The highest BCUT2D eigenvalue weighted by Crippen LogP contribution is 2.36. The molecule has 1 aliphatic heterocycles. The summed E-state index contributed by atoms with van der Waals surface area (Å²) in [6.07, 6.45) is 2.03. The Labute approximate surface area is 154 Å². The van der Waals surface area contributed by atoms with Gasteiger partial charge in [-0.3, -0.25) is 4.79 Å². The van der Waals surface area contributed by atoms with E-state index >= 15 is 0 Å². The number of piperidine rings is 1. The summed E-state index contributed by atoms with van der Waals surface area (Å²) in [4.78, 5) is 14.3. The normalized spacial score (nSPS) is 18.0. The molecule has 0 radical (unpaired) electrons. The summed E-state index contributed by atoms with van der Waals surface area (Å²) in [6, 6.07) is 5.93. The molecule has 3 rings (SSSR count). The Morgan fingerprint density at radius 1 is 1.23 bits per heavy atom. The van der Waals surface area contributed by atoms with Crippen LogP contribution in [-0.2, 0) is 9.53 Å². The Morgan fingerprint density at radius 2 is 1.92 bits per heavy atom. The molecule has 0 saturated carbocycles. The van der Waals surface area contributed by atoms with Crippen LogP contribution < -0.4 is 4.90 Å². The zero-order valence-corrected chi connectivity index (χ0v) is 16.2. The number of aryl methyl sites for hydroxylation is 2. The first-order valence-corrected chi connectivity index (χ1v) is 9.03. The highest BCUT2D eigenvalue weighted by atomic mass is 16.5. The minimum atomic E-state index is -0.509. The Hall–Kier alpha value is -2.44. The van der Waals surface area contributed by atoms with Crippen molar-refractivity contribution in [2.24, 2.45) is 11.3 Å². The standard InChI is InChI=1S/C19H27N5O2/c1-13-11-14(2)24(22-13)17-9-8-16(20-21-17)23-10-6-7-15(12-23)19(3,4)18(25)26-5/h8-9,11,15H,6-7,10,12H2,1-5H3. The second kappa shape index (κ2) is 7.05. The van der Waals surface area contributed by atoms with Gasteiger partial charge < -0.3 is 9.64 Å². The Kier molecular flexibility index (Phi) is 4.98. The molecule has 0 aliphatic carbocycles. The molecular weight excluding hydrogens is 330 g/mol. The maximum Gasteiger partial charge on any atom is 0.311 e. The molecule has 26 heavy (non-hydrogen) atoms. The second-order valence-corrected chi connectivity index (χ2v) is 7.59. The number of carbonyl (C=O) groups excluding carboxylic acids is 1. The highest BCUT2D eigenvalue weighted by molar-refractivity contribution is 5.76. The molecule has 2 aromatic rings. The molecule has 0 spiro atoms. The van der Waals surface area contributed by atoms with Crippen molar-refractivity contribution in [3.05, 3.63) is 29.6 Å². The van der Waals surface area contributed by atoms with Crippen LogP contribution in [0.3, 0.4) is 0 Å². The predicted octanol–water partition coefficient (Wildman–Crippen LogP) is 2.69. The van der Waals surface area contributed by atoms with E-state index in [2.05, 4.69) is 20.2 Å². The van der Waals surface area contributed by atoms with Crippen molar-refractivity contribution < 1.29 is 9.53 Å². The van der Waals surface area contributed by atoms with Gasteiger partial charge >= 0.3 is 5.97 Å². The van der Waals surface area contributed by atoms with Crippen molar-refractivity contribution in [1.29, 1.82) is 0 Å². The number of nitrogens with zero attached hydrogens (tertiary/aromatic N) is 5. The third-order valence-electron chi connectivity index (χ3n) is 5.34. The zero-order valence-electron chi connectivity index (χ0n) is 16.2. The van der Waals surface area contributed by atoms with Crippen LogP contribution in [0.2, 0.25) is 0 Å². The van der Waals surface area contributed by atoms with Gasteiger partial charge in [0, 0.05) is 18.8 Å². The summed E-state index contributed by atoms with van der Waals surface area (Å²) < 4.78 is 6.79. The van der Waals surface area contributed by atoms with E-state index in [1.54, 1.807) is 4.68 Å². The van der Waals surface area contributed by atoms with Gasteiger partial charge in [0.1, 0.15) is 0 Å². The highest BCUT2D eigenvalue weighted by Gasteiger charge is 2.40. The van der Waals surface area contributed by atoms with Crippen LogP contribution >= 0.6 is 0 Å². The number of ether oxygens (including phenoxy) is 1. The summed E-state index contributed by atoms with van der Waals surface area (Å²) in [5, 5.41) is 13.2. The molecule has 2 aromatic heterocycles. The first-order chi connectivity index (χ1) is 12.3. The minimum absolute atomic E-state index is 0.157. The topological polar surface area (TPSA) is 73.1 Å². The fraction of sp³-hybridized carbons (Fsp3) is 0.579. The summed E-state index contributed by atoms with van der Waals surface area (Å²) in [6.45, 7) is 9.58. The maximum absolute atomic E-state index is 12.1. The van der Waals surface area contributed by atoms with Gasteiger partial charge in [-0.2, -0.15) is 5.10 Å². The second-order valence-electron chi connectivity index (χ2n) is 7.59. The lowest BCUT2D eigenvalue weighted by Gasteiger charge is -2.40. The van der Waals surface area contributed by atoms with Crippen molar-refractivity contribution in [3.8, 4) is 5.82 Å². The molecule has 1 unspecified atom stereocenters. The SMILES string of the molecule is COC(=O)C(C)(C)C1CCCN(c2ccc(-n3nc(C)cc3C)nn2)C1. The Morgan fingerprint density at radius 3 is 2.50 bits per heavy atom. The smallest absolute Gasteiger partial charge is 0.311 e. The molecule has 1 fully saturated rings. The lowest BCUT2D eigenvalue weighted by molar-refractivity contribution is -0.154. The molecule has 3 heterocycles. The van der Waals surface area contributed by atoms with E-state index < -0.39 is 5.41 Å². The monoisotopic (exact) mass is 357 g/mol. The molecule has 0 amide bonds. The van der Waals surface area contributed by atoms with Crippen LogP contribution in [0.25, 0.3) is 5.82 Å². The molecule has 0 N–H and O–H groups in total. The van der Waals surface area contributed by atoms with E-state index in [0.717, 1.165) is 43.1 Å². The summed E-state index contributed by atoms with van der Waals surface area (Å²) in [5.74, 6) is 1.61. The van der Waals surface area contributed by atoms with Crippen molar-refractivity contribution in [2.75, 3.05) is 25.1 Å². The Balaban J connectivity index is 1.77. The number of methoxy groups -OCH3 is 1. The molecular formula is C19H27N5O2. The van der Waals surface area contributed by atoms with E-state index in [4.69, 9.17) is 4.74 Å². The molecule has 0 aromatic carbocycles. The average molecular weight is 357 g/mol. The summed E-state index contributed by atoms with van der Waals surface area (Å²) in [7, 11) is 1.45. The fourth-order valence-corrected chi connectivity index (χ4v) is 3.66. The van der Waals surface area contributed by atoms with Gasteiger partial charge in [0.15, 0.2) is 11.6 Å². The predicted molar refractivity (Wildman–Crippen MR) is 99.4 cm³/mol. The quantitative estimate of drug-likeness (QED) is 0.784. The van der Waals surface area contributed by atoms with Crippen LogP contribution in [0.15, 0.2) is 18.2 Å². The first-order valence-electron chi connectivity index (χ1n) is 9.03. The van der Waals surface area contributed by atoms with Crippen LogP contribution in [0.5, 0.6) is 0 Å². The minimum Gasteiger partial charge on any atom is -0.469 e. The lowest BCUT2D eigenvalue weighted by Crippen LogP contribution is -2.45. The number of esters is 1. The molecule has 7 nitrogen and oxygen atoms in total. The van der Waals surface area contributed by atoms with Gasteiger partial charge in [-0.1, -0.05) is 0 Å². The Bertz CT molecular complexity index is 782. The molecule has 140 valence electrons. The van der Waals surface area contributed by atoms with Crippen LogP contribution in [0.4, 0.5) is 5.82 Å². The number of rotatable bonds is 4. The molecule has 7 heteroatoms. The summed E-state index contributed by atoms with van der Waals surface area (Å²) in [5.41, 5.74) is 1.48.